The number of nitrogens with zero attached hydrogens (tertiary/aromatic N) is 2. The summed E-state index contributed by atoms with van der Waals surface area (Å²) in [7, 11) is -2.99. The van der Waals surface area contributed by atoms with Crippen molar-refractivity contribution in [2.75, 3.05) is 11.5 Å². The average molecular weight is 347 g/mol. The number of sulfone groups is 1. The molecule has 3 rings (SSSR count). The van der Waals surface area contributed by atoms with Gasteiger partial charge in [-0.05, 0) is 44.0 Å². The van der Waals surface area contributed by atoms with Crippen molar-refractivity contribution in [3.8, 4) is 0 Å². The van der Waals surface area contributed by atoms with Crippen LogP contribution in [-0.2, 0) is 16.4 Å². The average Bonchev–Trinajstić information content (AvgIpc) is 3.01. The van der Waals surface area contributed by atoms with E-state index in [0.717, 1.165) is 17.0 Å². The largest absolute Gasteiger partial charge is 0.348 e. The number of carbonyl (C=O) groups excluding carboxylic acids is 1. The maximum absolute atomic E-state index is 12.2. The third kappa shape index (κ3) is 3.84. The fourth-order valence-electron chi connectivity index (χ4n) is 2.95. The lowest BCUT2D eigenvalue weighted by Gasteiger charge is -2.11. The Morgan fingerprint density at radius 3 is 2.54 bits per heavy atom. The molecule has 0 bridgehead atoms. The van der Waals surface area contributed by atoms with E-state index in [2.05, 4.69) is 10.4 Å². The van der Waals surface area contributed by atoms with Crippen LogP contribution in [0.3, 0.4) is 0 Å². The Labute approximate surface area is 141 Å². The molecule has 2 heterocycles. The zero-order valence-electron chi connectivity index (χ0n) is 13.8. The predicted octanol–water partition coefficient (Wildman–Crippen LogP) is 1.47. The van der Waals surface area contributed by atoms with E-state index in [1.54, 1.807) is 12.1 Å². The molecule has 2 aromatic rings. The van der Waals surface area contributed by atoms with Crippen LogP contribution in [0, 0.1) is 13.8 Å². The standard InChI is InChI=1S/C17H21N3O3S/c1-12-9-13(2)20(19-12)10-14-3-5-15(6-4-14)17(21)18-16-7-8-24(22,23)11-16/h3-6,9,16H,7-8,10-11H2,1-2H3,(H,18,21)/t16-/m0/s1. The molecule has 1 aliphatic rings. The van der Waals surface area contributed by atoms with Gasteiger partial charge in [-0.3, -0.25) is 9.48 Å². The first kappa shape index (κ1) is 16.7. The van der Waals surface area contributed by atoms with E-state index in [-0.39, 0.29) is 23.5 Å². The summed E-state index contributed by atoms with van der Waals surface area (Å²) in [6.07, 6.45) is 0.490. The lowest BCUT2D eigenvalue weighted by Crippen LogP contribution is -2.35. The molecule has 0 saturated carbocycles. The van der Waals surface area contributed by atoms with Gasteiger partial charge in [0.15, 0.2) is 9.84 Å². The van der Waals surface area contributed by atoms with Gasteiger partial charge in [-0.2, -0.15) is 5.10 Å². The van der Waals surface area contributed by atoms with E-state index in [9.17, 15) is 13.2 Å². The fraction of sp³-hybridized carbons (Fsp3) is 0.412. The minimum atomic E-state index is -2.99. The maximum Gasteiger partial charge on any atom is 0.251 e. The Balaban J connectivity index is 1.64. The molecule has 1 aliphatic heterocycles. The molecule has 1 amide bonds. The molecule has 1 aromatic heterocycles. The summed E-state index contributed by atoms with van der Waals surface area (Å²) < 4.78 is 24.8. The summed E-state index contributed by atoms with van der Waals surface area (Å²) in [5.41, 5.74) is 3.67. The van der Waals surface area contributed by atoms with Crippen LogP contribution in [0.15, 0.2) is 30.3 Å². The van der Waals surface area contributed by atoms with Crippen molar-refractivity contribution in [3.63, 3.8) is 0 Å². The molecule has 0 unspecified atom stereocenters. The number of hydrogen-bond acceptors (Lipinski definition) is 4. The van der Waals surface area contributed by atoms with Crippen molar-refractivity contribution in [2.24, 2.45) is 0 Å². The molecule has 1 fully saturated rings. The van der Waals surface area contributed by atoms with Gasteiger partial charge in [-0.15, -0.1) is 0 Å². The Bertz CT molecular complexity index is 854. The van der Waals surface area contributed by atoms with Gasteiger partial charge in [0.25, 0.3) is 5.91 Å². The van der Waals surface area contributed by atoms with Crippen molar-refractivity contribution in [1.29, 1.82) is 0 Å². The Kier molecular flexibility index (Phi) is 4.45. The van der Waals surface area contributed by atoms with Crippen LogP contribution >= 0.6 is 0 Å². The lowest BCUT2D eigenvalue weighted by atomic mass is 10.1. The van der Waals surface area contributed by atoms with Crippen LogP contribution in [0.2, 0.25) is 0 Å². The number of aryl methyl sites for hydroxylation is 2. The van der Waals surface area contributed by atoms with Gasteiger partial charge in [0.2, 0.25) is 0 Å². The van der Waals surface area contributed by atoms with Gasteiger partial charge in [-0.1, -0.05) is 12.1 Å². The molecule has 7 heteroatoms. The summed E-state index contributed by atoms with van der Waals surface area (Å²) in [5, 5.41) is 7.22. The van der Waals surface area contributed by atoms with E-state index < -0.39 is 9.84 Å². The predicted molar refractivity (Wildman–Crippen MR) is 91.8 cm³/mol. The molecule has 24 heavy (non-hydrogen) atoms. The van der Waals surface area contributed by atoms with E-state index in [1.165, 1.54) is 0 Å². The first-order chi connectivity index (χ1) is 11.3. The van der Waals surface area contributed by atoms with Crippen molar-refractivity contribution < 1.29 is 13.2 Å². The first-order valence-electron chi connectivity index (χ1n) is 7.94. The molecule has 0 spiro atoms. The first-order valence-corrected chi connectivity index (χ1v) is 9.76. The highest BCUT2D eigenvalue weighted by Gasteiger charge is 2.29. The molecule has 6 nitrogen and oxygen atoms in total. The molecule has 1 N–H and O–H groups in total. The number of aromatic nitrogens is 2. The maximum atomic E-state index is 12.2. The molecular weight excluding hydrogens is 326 g/mol. The lowest BCUT2D eigenvalue weighted by molar-refractivity contribution is 0.0941. The third-order valence-electron chi connectivity index (χ3n) is 4.22. The van der Waals surface area contributed by atoms with Crippen molar-refractivity contribution in [1.82, 2.24) is 15.1 Å². The Hall–Kier alpha value is -2.15. The highest BCUT2D eigenvalue weighted by atomic mass is 32.2. The number of nitrogens with one attached hydrogen (secondary N) is 1. The molecular formula is C17H21N3O3S. The van der Waals surface area contributed by atoms with Crippen molar-refractivity contribution in [3.05, 3.63) is 52.8 Å². The second-order valence-electron chi connectivity index (χ2n) is 6.36. The summed E-state index contributed by atoms with van der Waals surface area (Å²) in [5.74, 6) is -0.0383. The summed E-state index contributed by atoms with van der Waals surface area (Å²) in [6.45, 7) is 4.63. The van der Waals surface area contributed by atoms with Crippen LogP contribution in [0.1, 0.15) is 33.7 Å². The van der Waals surface area contributed by atoms with Crippen LogP contribution in [-0.4, -0.2) is 41.7 Å². The highest BCUT2D eigenvalue weighted by molar-refractivity contribution is 7.91. The SMILES string of the molecule is Cc1cc(C)n(Cc2ccc(C(=O)N[C@H]3CCS(=O)(=O)C3)cc2)n1. The molecule has 1 saturated heterocycles. The summed E-state index contributed by atoms with van der Waals surface area (Å²) >= 11 is 0. The Morgan fingerprint density at radius 2 is 2.00 bits per heavy atom. The second-order valence-corrected chi connectivity index (χ2v) is 8.58. The normalized spacial score (nSPS) is 19.3. The van der Waals surface area contributed by atoms with Crippen LogP contribution in [0.4, 0.5) is 0 Å². The van der Waals surface area contributed by atoms with Crippen LogP contribution < -0.4 is 5.32 Å². The van der Waals surface area contributed by atoms with Gasteiger partial charge < -0.3 is 5.32 Å². The second kappa shape index (κ2) is 6.39. The highest BCUT2D eigenvalue weighted by Crippen LogP contribution is 2.13. The zero-order valence-corrected chi connectivity index (χ0v) is 14.6. The zero-order chi connectivity index (χ0) is 17.3. The van der Waals surface area contributed by atoms with Crippen molar-refractivity contribution >= 4 is 15.7 Å². The topological polar surface area (TPSA) is 81.1 Å². The number of benzene rings is 1. The number of rotatable bonds is 4. The minimum absolute atomic E-state index is 0.0365. The van der Waals surface area contributed by atoms with Crippen LogP contribution in [0.25, 0.3) is 0 Å². The molecule has 0 aliphatic carbocycles. The van der Waals surface area contributed by atoms with E-state index in [4.69, 9.17) is 0 Å². The summed E-state index contributed by atoms with van der Waals surface area (Å²) in [6, 6.07) is 9.07. The van der Waals surface area contributed by atoms with E-state index >= 15 is 0 Å². The van der Waals surface area contributed by atoms with Gasteiger partial charge in [0, 0.05) is 17.3 Å². The van der Waals surface area contributed by atoms with Crippen molar-refractivity contribution in [2.45, 2.75) is 32.9 Å². The van der Waals surface area contributed by atoms with Crippen LogP contribution in [0.5, 0.6) is 0 Å². The molecule has 1 aromatic carbocycles. The van der Waals surface area contributed by atoms with E-state index in [1.807, 2.05) is 36.7 Å². The van der Waals surface area contributed by atoms with Gasteiger partial charge in [0.05, 0.1) is 23.7 Å². The third-order valence-corrected chi connectivity index (χ3v) is 5.99. The smallest absolute Gasteiger partial charge is 0.251 e. The van der Waals surface area contributed by atoms with Gasteiger partial charge in [-0.25, -0.2) is 8.42 Å². The summed E-state index contributed by atoms with van der Waals surface area (Å²) in [4.78, 5) is 12.2. The molecule has 128 valence electrons. The minimum Gasteiger partial charge on any atom is -0.348 e. The number of carbonyl (C=O) groups is 1. The number of amides is 1. The quantitative estimate of drug-likeness (QED) is 0.908. The fourth-order valence-corrected chi connectivity index (χ4v) is 4.62. The Morgan fingerprint density at radius 1 is 1.29 bits per heavy atom. The monoisotopic (exact) mass is 347 g/mol. The molecule has 1 atom stereocenters. The van der Waals surface area contributed by atoms with E-state index in [0.29, 0.717) is 18.5 Å². The number of hydrogen-bond donors (Lipinski definition) is 1. The van der Waals surface area contributed by atoms with Gasteiger partial charge >= 0.3 is 0 Å². The molecule has 0 radical (unpaired) electrons. The van der Waals surface area contributed by atoms with Gasteiger partial charge in [0.1, 0.15) is 0 Å².